The number of rotatable bonds is 7. The molecule has 26 heavy (non-hydrogen) atoms. The van der Waals surface area contributed by atoms with Crippen molar-refractivity contribution in [3.8, 4) is 5.75 Å². The standard InChI is InChI=1S/C19H24N3O3S/c1-21-13-15-22(16-14-21)25-18-9-7-17(8-10-18)11-12-20-26(23,24)19-5-3-2-4-6-19/h2-10,15,20H,11-14,16H2,1H3. The summed E-state index contributed by atoms with van der Waals surface area (Å²) in [7, 11) is -1.37. The van der Waals surface area contributed by atoms with E-state index >= 15 is 0 Å². The molecule has 0 spiro atoms. The van der Waals surface area contributed by atoms with Crippen molar-refractivity contribution < 1.29 is 13.3 Å². The summed E-state index contributed by atoms with van der Waals surface area (Å²) in [4.78, 5) is 8.32. The van der Waals surface area contributed by atoms with Crippen molar-refractivity contribution in [2.24, 2.45) is 0 Å². The zero-order valence-electron chi connectivity index (χ0n) is 14.8. The summed E-state index contributed by atoms with van der Waals surface area (Å²) in [6.07, 6.45) is 0.618. The lowest BCUT2D eigenvalue weighted by Crippen LogP contribution is -2.42. The highest BCUT2D eigenvalue weighted by molar-refractivity contribution is 7.89. The van der Waals surface area contributed by atoms with Crippen LogP contribution in [0.25, 0.3) is 0 Å². The Morgan fingerprint density at radius 1 is 1.04 bits per heavy atom. The van der Waals surface area contributed by atoms with Crippen LogP contribution in [-0.2, 0) is 16.4 Å². The van der Waals surface area contributed by atoms with Crippen molar-refractivity contribution in [3.63, 3.8) is 0 Å². The van der Waals surface area contributed by atoms with Crippen LogP contribution in [0.3, 0.4) is 0 Å². The Bertz CT molecular complexity index is 787. The quantitative estimate of drug-likeness (QED) is 0.802. The predicted octanol–water partition coefficient (Wildman–Crippen LogP) is 1.91. The fourth-order valence-electron chi connectivity index (χ4n) is 2.63. The van der Waals surface area contributed by atoms with Crippen molar-refractivity contribution >= 4 is 10.0 Å². The molecule has 1 heterocycles. The summed E-state index contributed by atoms with van der Waals surface area (Å²) in [6.45, 7) is 5.05. The van der Waals surface area contributed by atoms with Crippen molar-refractivity contribution in [1.29, 1.82) is 0 Å². The van der Waals surface area contributed by atoms with Gasteiger partial charge in [0.05, 0.1) is 11.4 Å². The molecule has 0 saturated carbocycles. The predicted molar refractivity (Wildman–Crippen MR) is 101 cm³/mol. The lowest BCUT2D eigenvalue weighted by molar-refractivity contribution is -0.0551. The number of piperazine rings is 1. The van der Waals surface area contributed by atoms with Gasteiger partial charge in [0, 0.05) is 26.2 Å². The molecule has 0 aliphatic carbocycles. The molecule has 1 fully saturated rings. The molecule has 0 atom stereocenters. The first-order valence-electron chi connectivity index (χ1n) is 8.63. The van der Waals surface area contributed by atoms with Crippen LogP contribution in [0.15, 0.2) is 59.5 Å². The largest absolute Gasteiger partial charge is 0.406 e. The highest BCUT2D eigenvalue weighted by Crippen LogP contribution is 2.16. The monoisotopic (exact) mass is 374 g/mol. The molecule has 1 radical (unpaired) electrons. The van der Waals surface area contributed by atoms with Gasteiger partial charge < -0.3 is 9.74 Å². The summed E-state index contributed by atoms with van der Waals surface area (Å²) >= 11 is 0. The molecule has 1 N–H and O–H groups in total. The van der Waals surface area contributed by atoms with Gasteiger partial charge in [-0.2, -0.15) is 0 Å². The smallest absolute Gasteiger partial charge is 0.240 e. The summed E-state index contributed by atoms with van der Waals surface area (Å²) in [5.41, 5.74) is 1.05. The molecular weight excluding hydrogens is 350 g/mol. The SMILES string of the molecule is CN1C[CH]N(Oc2ccc(CCNS(=O)(=O)c3ccccc3)cc2)CC1. The number of likely N-dealkylation sites (N-methyl/N-ethyl adjacent to an activating group) is 1. The Balaban J connectivity index is 1.47. The molecule has 6 nitrogen and oxygen atoms in total. The number of nitrogens with zero attached hydrogens (tertiary/aromatic N) is 2. The number of hydroxylamine groups is 2. The second kappa shape index (κ2) is 8.64. The van der Waals surface area contributed by atoms with E-state index in [1.165, 1.54) is 0 Å². The van der Waals surface area contributed by atoms with Gasteiger partial charge in [0.15, 0.2) is 0 Å². The Kier molecular flexibility index (Phi) is 6.26. The minimum Gasteiger partial charge on any atom is -0.406 e. The number of nitrogens with one attached hydrogen (secondary N) is 1. The number of sulfonamides is 1. The Morgan fingerprint density at radius 2 is 1.77 bits per heavy atom. The van der Waals surface area contributed by atoms with E-state index in [-0.39, 0.29) is 4.90 Å². The maximum Gasteiger partial charge on any atom is 0.240 e. The summed E-state index contributed by atoms with van der Waals surface area (Å²) in [5.74, 6) is 0.777. The van der Waals surface area contributed by atoms with Gasteiger partial charge in [-0.15, -0.1) is 5.06 Å². The molecule has 1 saturated heterocycles. The van der Waals surface area contributed by atoms with E-state index in [0.717, 1.165) is 30.9 Å². The van der Waals surface area contributed by atoms with Gasteiger partial charge >= 0.3 is 0 Å². The molecule has 0 bridgehead atoms. The Labute approximate surface area is 155 Å². The maximum atomic E-state index is 12.2. The summed E-state index contributed by atoms with van der Waals surface area (Å²) in [6, 6.07) is 16.1. The van der Waals surface area contributed by atoms with Crippen molar-refractivity contribution in [2.45, 2.75) is 11.3 Å². The molecule has 0 amide bonds. The molecular formula is C19H24N3O3S. The highest BCUT2D eigenvalue weighted by atomic mass is 32.2. The minimum absolute atomic E-state index is 0.284. The zero-order chi connectivity index (χ0) is 18.4. The molecule has 3 rings (SSSR count). The first kappa shape index (κ1) is 18.8. The van der Waals surface area contributed by atoms with E-state index in [1.54, 1.807) is 30.3 Å². The van der Waals surface area contributed by atoms with Gasteiger partial charge in [0.2, 0.25) is 10.0 Å². The third-order valence-corrected chi connectivity index (χ3v) is 5.68. The van der Waals surface area contributed by atoms with Crippen LogP contribution in [0.2, 0.25) is 0 Å². The maximum absolute atomic E-state index is 12.2. The molecule has 2 aromatic rings. The van der Waals surface area contributed by atoms with E-state index in [9.17, 15) is 8.42 Å². The molecule has 2 aromatic carbocycles. The minimum atomic E-state index is -3.45. The van der Waals surface area contributed by atoms with E-state index in [2.05, 4.69) is 16.7 Å². The molecule has 0 aromatic heterocycles. The van der Waals surface area contributed by atoms with Crippen LogP contribution >= 0.6 is 0 Å². The van der Waals surface area contributed by atoms with Crippen molar-refractivity contribution in [1.82, 2.24) is 14.7 Å². The average molecular weight is 374 g/mol. The molecule has 7 heteroatoms. The van der Waals surface area contributed by atoms with E-state index in [1.807, 2.05) is 35.9 Å². The number of hydrogen-bond acceptors (Lipinski definition) is 5. The zero-order valence-corrected chi connectivity index (χ0v) is 15.7. The van der Waals surface area contributed by atoms with Gasteiger partial charge in [0.25, 0.3) is 0 Å². The van der Waals surface area contributed by atoms with E-state index in [0.29, 0.717) is 13.0 Å². The highest BCUT2D eigenvalue weighted by Gasteiger charge is 2.16. The van der Waals surface area contributed by atoms with Gasteiger partial charge in [-0.1, -0.05) is 30.3 Å². The number of benzene rings is 2. The molecule has 1 aliphatic rings. The second-order valence-electron chi connectivity index (χ2n) is 6.28. The van der Waals surface area contributed by atoms with Gasteiger partial charge in [-0.25, -0.2) is 13.1 Å². The molecule has 139 valence electrons. The lowest BCUT2D eigenvalue weighted by Gasteiger charge is -2.31. The summed E-state index contributed by atoms with van der Waals surface area (Å²) in [5, 5.41) is 1.85. The topological polar surface area (TPSA) is 61.9 Å². The van der Waals surface area contributed by atoms with Crippen molar-refractivity contribution in [2.75, 3.05) is 33.2 Å². The third-order valence-electron chi connectivity index (χ3n) is 4.20. The Hall–Kier alpha value is -1.93. The number of hydrogen-bond donors (Lipinski definition) is 1. The first-order valence-corrected chi connectivity index (χ1v) is 10.1. The van der Waals surface area contributed by atoms with Crippen LogP contribution in [0.4, 0.5) is 0 Å². The second-order valence-corrected chi connectivity index (χ2v) is 8.05. The van der Waals surface area contributed by atoms with E-state index < -0.39 is 10.0 Å². The molecule has 0 unspecified atom stereocenters. The van der Waals surface area contributed by atoms with Crippen LogP contribution in [-0.4, -0.2) is 51.6 Å². The molecule has 1 aliphatic heterocycles. The van der Waals surface area contributed by atoms with Gasteiger partial charge in [-0.3, -0.25) is 0 Å². The summed E-state index contributed by atoms with van der Waals surface area (Å²) < 4.78 is 27.0. The Morgan fingerprint density at radius 3 is 2.42 bits per heavy atom. The normalized spacial score (nSPS) is 16.5. The first-order chi connectivity index (χ1) is 12.5. The van der Waals surface area contributed by atoms with Crippen LogP contribution in [0.1, 0.15) is 5.56 Å². The van der Waals surface area contributed by atoms with Crippen LogP contribution in [0.5, 0.6) is 5.75 Å². The van der Waals surface area contributed by atoms with Gasteiger partial charge in [-0.05, 0) is 43.3 Å². The van der Waals surface area contributed by atoms with Gasteiger partial charge in [0.1, 0.15) is 5.75 Å². The van der Waals surface area contributed by atoms with Crippen LogP contribution < -0.4 is 9.56 Å². The third kappa shape index (κ3) is 5.28. The van der Waals surface area contributed by atoms with E-state index in [4.69, 9.17) is 4.84 Å². The average Bonchev–Trinajstić information content (AvgIpc) is 2.66. The van der Waals surface area contributed by atoms with Crippen molar-refractivity contribution in [3.05, 3.63) is 66.7 Å². The van der Waals surface area contributed by atoms with Crippen LogP contribution in [0, 0.1) is 6.54 Å². The fourth-order valence-corrected chi connectivity index (χ4v) is 3.68. The lowest BCUT2D eigenvalue weighted by atomic mass is 10.1. The fraction of sp³-hybridized carbons (Fsp3) is 0.316.